The summed E-state index contributed by atoms with van der Waals surface area (Å²) in [5.41, 5.74) is 0.141. The van der Waals surface area contributed by atoms with Crippen molar-refractivity contribution in [2.24, 2.45) is 5.92 Å². The second kappa shape index (κ2) is 7.96. The number of hydrogen-bond acceptors (Lipinski definition) is 5. The molecule has 22 heavy (non-hydrogen) atoms. The van der Waals surface area contributed by atoms with Crippen LogP contribution < -0.4 is 0 Å². The summed E-state index contributed by atoms with van der Waals surface area (Å²) in [5, 5.41) is 0. The summed E-state index contributed by atoms with van der Waals surface area (Å²) in [7, 11) is 1.30. The van der Waals surface area contributed by atoms with Gasteiger partial charge in [-0.2, -0.15) is 0 Å². The van der Waals surface area contributed by atoms with Crippen LogP contribution in [0.2, 0.25) is 0 Å². The van der Waals surface area contributed by atoms with Crippen LogP contribution in [0, 0.1) is 5.92 Å². The zero-order valence-corrected chi connectivity index (χ0v) is 13.3. The molecular weight excluding hydrogens is 284 g/mol. The molecule has 1 fully saturated rings. The van der Waals surface area contributed by atoms with Crippen LogP contribution in [0.1, 0.15) is 61.8 Å². The number of hydrogen-bond donors (Lipinski definition) is 0. The molecule has 1 saturated carbocycles. The largest absolute Gasteiger partial charge is 0.464 e. The molecular formula is C16H24N2O4. The van der Waals surface area contributed by atoms with Gasteiger partial charge in [0.25, 0.3) is 0 Å². The monoisotopic (exact) mass is 308 g/mol. The molecule has 6 nitrogen and oxygen atoms in total. The summed E-state index contributed by atoms with van der Waals surface area (Å²) in [6, 6.07) is 0. The first-order valence-corrected chi connectivity index (χ1v) is 7.97. The molecule has 6 heteroatoms. The van der Waals surface area contributed by atoms with Gasteiger partial charge in [-0.3, -0.25) is 4.79 Å². The highest BCUT2D eigenvalue weighted by atomic mass is 16.5. The smallest absolute Gasteiger partial charge is 0.360 e. The van der Waals surface area contributed by atoms with Crippen molar-refractivity contribution >= 4 is 11.9 Å². The summed E-state index contributed by atoms with van der Waals surface area (Å²) < 4.78 is 9.90. The minimum atomic E-state index is -0.530. The molecule has 122 valence electrons. The third-order valence-corrected chi connectivity index (χ3v) is 4.07. The number of amides is 1. The quantitative estimate of drug-likeness (QED) is 0.545. The van der Waals surface area contributed by atoms with Gasteiger partial charge in [0.2, 0.25) is 11.8 Å². The van der Waals surface area contributed by atoms with E-state index in [0.717, 1.165) is 38.5 Å². The zero-order valence-electron chi connectivity index (χ0n) is 13.3. The molecule has 1 amide bonds. The molecule has 0 bridgehead atoms. The highest BCUT2D eigenvalue weighted by Crippen LogP contribution is 2.29. The van der Waals surface area contributed by atoms with Crippen molar-refractivity contribution in [1.82, 2.24) is 9.88 Å². The third kappa shape index (κ3) is 4.08. The summed E-state index contributed by atoms with van der Waals surface area (Å²) in [5.74, 6) is 0.180. The molecule has 0 radical (unpaired) electrons. The minimum absolute atomic E-state index is 0.141. The van der Waals surface area contributed by atoms with E-state index in [0.29, 0.717) is 19.0 Å². The SMILES string of the molecule is CCCCCN(Cc1nc(C(=O)OC)co1)C(=O)C1CCC1. The van der Waals surface area contributed by atoms with Crippen LogP contribution in [0.15, 0.2) is 10.7 Å². The molecule has 0 spiro atoms. The Hall–Kier alpha value is -1.85. The molecule has 1 heterocycles. The number of esters is 1. The Kier molecular flexibility index (Phi) is 5.98. The van der Waals surface area contributed by atoms with Gasteiger partial charge in [0.1, 0.15) is 6.26 Å². The van der Waals surface area contributed by atoms with E-state index in [-0.39, 0.29) is 17.5 Å². The van der Waals surface area contributed by atoms with E-state index in [1.165, 1.54) is 13.4 Å². The van der Waals surface area contributed by atoms with E-state index in [2.05, 4.69) is 16.6 Å². The number of ether oxygens (including phenoxy) is 1. The zero-order chi connectivity index (χ0) is 15.9. The number of carbonyl (C=O) groups excluding carboxylic acids is 2. The van der Waals surface area contributed by atoms with Crippen LogP contribution in [0.5, 0.6) is 0 Å². The van der Waals surface area contributed by atoms with E-state index >= 15 is 0 Å². The molecule has 1 aromatic heterocycles. The molecule has 0 saturated heterocycles. The Morgan fingerprint density at radius 3 is 2.77 bits per heavy atom. The van der Waals surface area contributed by atoms with Crippen LogP contribution in [0.3, 0.4) is 0 Å². The first kappa shape index (κ1) is 16.5. The average Bonchev–Trinajstić information content (AvgIpc) is 2.92. The summed E-state index contributed by atoms with van der Waals surface area (Å²) in [4.78, 5) is 29.8. The lowest BCUT2D eigenvalue weighted by atomic mass is 9.84. The highest BCUT2D eigenvalue weighted by molar-refractivity contribution is 5.86. The van der Waals surface area contributed by atoms with Crippen molar-refractivity contribution in [2.45, 2.75) is 52.0 Å². The Balaban J connectivity index is 1.99. The van der Waals surface area contributed by atoms with Gasteiger partial charge >= 0.3 is 5.97 Å². The van der Waals surface area contributed by atoms with Gasteiger partial charge < -0.3 is 14.1 Å². The predicted octanol–water partition coefficient (Wildman–Crippen LogP) is 2.78. The van der Waals surface area contributed by atoms with Crippen molar-refractivity contribution in [3.63, 3.8) is 0 Å². The Labute approximate surface area is 130 Å². The van der Waals surface area contributed by atoms with Gasteiger partial charge in [-0.15, -0.1) is 0 Å². The molecule has 1 aliphatic carbocycles. The number of carbonyl (C=O) groups is 2. The van der Waals surface area contributed by atoms with Gasteiger partial charge in [0.15, 0.2) is 5.69 Å². The first-order valence-electron chi connectivity index (χ1n) is 7.97. The summed E-state index contributed by atoms with van der Waals surface area (Å²) in [6.45, 7) is 3.16. The lowest BCUT2D eigenvalue weighted by molar-refractivity contribution is -0.139. The lowest BCUT2D eigenvalue weighted by Gasteiger charge is -2.31. The maximum absolute atomic E-state index is 12.5. The second-order valence-corrected chi connectivity index (χ2v) is 5.71. The van der Waals surface area contributed by atoms with Crippen LogP contribution in [0.25, 0.3) is 0 Å². The van der Waals surface area contributed by atoms with Crippen molar-refractivity contribution in [2.75, 3.05) is 13.7 Å². The number of nitrogens with zero attached hydrogens (tertiary/aromatic N) is 2. The van der Waals surface area contributed by atoms with Crippen LogP contribution >= 0.6 is 0 Å². The van der Waals surface area contributed by atoms with Crippen molar-refractivity contribution in [3.8, 4) is 0 Å². The standard InChI is InChI=1S/C16H24N2O4/c1-3-4-5-9-18(15(19)12-7-6-8-12)10-14-17-13(11-22-14)16(20)21-2/h11-12H,3-10H2,1-2H3. The van der Waals surface area contributed by atoms with Gasteiger partial charge in [0.05, 0.1) is 13.7 Å². The number of methoxy groups -OCH3 is 1. The van der Waals surface area contributed by atoms with Crippen LogP contribution in [-0.2, 0) is 16.1 Å². The second-order valence-electron chi connectivity index (χ2n) is 5.71. The van der Waals surface area contributed by atoms with Crippen LogP contribution in [0.4, 0.5) is 0 Å². The summed E-state index contributed by atoms with van der Waals surface area (Å²) in [6.07, 6.45) is 7.53. The number of rotatable bonds is 8. The first-order chi connectivity index (χ1) is 10.7. The van der Waals surface area contributed by atoms with E-state index in [1.54, 1.807) is 0 Å². The minimum Gasteiger partial charge on any atom is -0.464 e. The highest BCUT2D eigenvalue weighted by Gasteiger charge is 2.30. The molecule has 0 N–H and O–H groups in total. The lowest BCUT2D eigenvalue weighted by Crippen LogP contribution is -2.39. The fourth-order valence-electron chi connectivity index (χ4n) is 2.48. The topological polar surface area (TPSA) is 72.6 Å². The third-order valence-electron chi connectivity index (χ3n) is 4.07. The predicted molar refractivity (Wildman–Crippen MR) is 80.1 cm³/mol. The average molecular weight is 308 g/mol. The van der Waals surface area contributed by atoms with Gasteiger partial charge in [-0.25, -0.2) is 9.78 Å². The molecule has 1 aliphatic rings. The van der Waals surface area contributed by atoms with Crippen LogP contribution in [-0.4, -0.2) is 35.4 Å². The van der Waals surface area contributed by atoms with E-state index in [9.17, 15) is 9.59 Å². The van der Waals surface area contributed by atoms with Gasteiger partial charge in [0, 0.05) is 12.5 Å². The fraction of sp³-hybridized carbons (Fsp3) is 0.688. The van der Waals surface area contributed by atoms with E-state index < -0.39 is 5.97 Å². The molecule has 0 aliphatic heterocycles. The van der Waals surface area contributed by atoms with Gasteiger partial charge in [-0.05, 0) is 19.3 Å². The maximum atomic E-state index is 12.5. The molecule has 0 atom stereocenters. The van der Waals surface area contributed by atoms with Gasteiger partial charge in [-0.1, -0.05) is 26.2 Å². The molecule has 1 aromatic rings. The Morgan fingerprint density at radius 1 is 1.41 bits per heavy atom. The number of aromatic nitrogens is 1. The number of unbranched alkanes of at least 4 members (excludes halogenated alkanes) is 2. The number of oxazole rings is 1. The maximum Gasteiger partial charge on any atom is 0.360 e. The van der Waals surface area contributed by atoms with Crippen molar-refractivity contribution in [1.29, 1.82) is 0 Å². The Bertz CT molecular complexity index is 508. The Morgan fingerprint density at radius 2 is 2.18 bits per heavy atom. The fourth-order valence-corrected chi connectivity index (χ4v) is 2.48. The van der Waals surface area contributed by atoms with Crippen molar-refractivity contribution < 1.29 is 18.7 Å². The molecule has 0 aromatic carbocycles. The normalized spacial score (nSPS) is 14.5. The molecule has 0 unspecified atom stereocenters. The van der Waals surface area contributed by atoms with E-state index in [1.807, 2.05) is 4.90 Å². The van der Waals surface area contributed by atoms with E-state index in [4.69, 9.17) is 4.42 Å². The van der Waals surface area contributed by atoms with Crippen molar-refractivity contribution in [3.05, 3.63) is 17.8 Å². The summed E-state index contributed by atoms with van der Waals surface area (Å²) >= 11 is 0. The molecule has 2 rings (SSSR count).